The maximum atomic E-state index is 12.9. The summed E-state index contributed by atoms with van der Waals surface area (Å²) in [6, 6.07) is 7.51. The van der Waals surface area contributed by atoms with E-state index in [1.54, 1.807) is 19.5 Å². The summed E-state index contributed by atoms with van der Waals surface area (Å²) in [6.07, 6.45) is 2.74. The number of hydrogen-bond acceptors (Lipinski definition) is 6. The van der Waals surface area contributed by atoms with E-state index in [0.29, 0.717) is 37.6 Å². The van der Waals surface area contributed by atoms with Gasteiger partial charge in [0.2, 0.25) is 0 Å². The van der Waals surface area contributed by atoms with E-state index in [4.69, 9.17) is 9.47 Å². The van der Waals surface area contributed by atoms with Gasteiger partial charge >= 0.3 is 0 Å². The second kappa shape index (κ2) is 8.95. The highest BCUT2D eigenvalue weighted by Crippen LogP contribution is 2.31. The Bertz CT molecular complexity index is 885. The van der Waals surface area contributed by atoms with Gasteiger partial charge in [-0.1, -0.05) is 13.8 Å². The number of rotatable bonds is 7. The van der Waals surface area contributed by atoms with E-state index >= 15 is 0 Å². The first kappa shape index (κ1) is 20.7. The summed E-state index contributed by atoms with van der Waals surface area (Å²) in [7, 11) is -1.92. The first-order valence-corrected chi connectivity index (χ1v) is 10.7. The number of ether oxygens (including phenoxy) is 2. The van der Waals surface area contributed by atoms with Crippen LogP contribution in [0.3, 0.4) is 0 Å². The lowest BCUT2D eigenvalue weighted by Gasteiger charge is -2.35. The molecule has 1 unspecified atom stereocenters. The van der Waals surface area contributed by atoms with Gasteiger partial charge in [0.25, 0.3) is 10.2 Å². The maximum Gasteiger partial charge on any atom is 0.282 e. The van der Waals surface area contributed by atoms with Crippen molar-refractivity contribution < 1.29 is 17.9 Å². The average Bonchev–Trinajstić information content (AvgIpc) is 2.74. The molecule has 1 aromatic carbocycles. The Morgan fingerprint density at radius 1 is 1.18 bits per heavy atom. The minimum Gasteiger partial charge on any atom is -0.497 e. The molecule has 0 saturated carbocycles. The molecule has 0 amide bonds. The van der Waals surface area contributed by atoms with E-state index < -0.39 is 16.3 Å². The van der Waals surface area contributed by atoms with Gasteiger partial charge in [-0.2, -0.15) is 17.0 Å². The Morgan fingerprint density at radius 3 is 2.50 bits per heavy atom. The van der Waals surface area contributed by atoms with Crippen LogP contribution < -0.4 is 4.74 Å². The van der Waals surface area contributed by atoms with Crippen molar-refractivity contribution in [3.05, 3.63) is 42.4 Å². The SMILES string of the molecule is CCN(CC)S(=O)(=O)N1CCOC(c2nccnc2-c2ccc(OC)cc2)C1. The highest BCUT2D eigenvalue weighted by molar-refractivity contribution is 7.86. The minimum atomic E-state index is -3.53. The predicted octanol–water partition coefficient (Wildman–Crippen LogP) is 2.11. The van der Waals surface area contributed by atoms with Crippen LogP contribution in [0, 0.1) is 0 Å². The molecule has 3 rings (SSSR count). The van der Waals surface area contributed by atoms with Crippen molar-refractivity contribution in [2.45, 2.75) is 20.0 Å². The number of methoxy groups -OCH3 is 1. The number of hydrogen-bond donors (Lipinski definition) is 0. The number of aromatic nitrogens is 2. The fourth-order valence-electron chi connectivity index (χ4n) is 3.27. The zero-order valence-corrected chi connectivity index (χ0v) is 17.2. The minimum absolute atomic E-state index is 0.209. The topological polar surface area (TPSA) is 84.9 Å². The Labute approximate surface area is 166 Å². The molecule has 1 fully saturated rings. The van der Waals surface area contributed by atoms with Crippen molar-refractivity contribution in [2.24, 2.45) is 0 Å². The largest absolute Gasteiger partial charge is 0.497 e. The molecule has 1 saturated heterocycles. The molecule has 28 heavy (non-hydrogen) atoms. The smallest absolute Gasteiger partial charge is 0.282 e. The third kappa shape index (κ3) is 4.17. The molecular weight excluding hydrogens is 380 g/mol. The lowest BCUT2D eigenvalue weighted by Crippen LogP contribution is -2.49. The molecule has 2 heterocycles. The molecule has 1 aromatic heterocycles. The summed E-state index contributed by atoms with van der Waals surface area (Å²) in [5, 5.41) is 0. The first-order chi connectivity index (χ1) is 13.5. The fourth-order valence-corrected chi connectivity index (χ4v) is 4.88. The van der Waals surface area contributed by atoms with E-state index in [9.17, 15) is 8.42 Å². The van der Waals surface area contributed by atoms with E-state index in [2.05, 4.69) is 9.97 Å². The van der Waals surface area contributed by atoms with Crippen LogP contribution in [-0.4, -0.2) is 66.9 Å². The summed E-state index contributed by atoms with van der Waals surface area (Å²) in [5.41, 5.74) is 2.18. The van der Waals surface area contributed by atoms with Gasteiger partial charge in [-0.15, -0.1) is 0 Å². The van der Waals surface area contributed by atoms with Gasteiger partial charge in [0.15, 0.2) is 0 Å². The van der Waals surface area contributed by atoms with Gasteiger partial charge in [-0.3, -0.25) is 9.97 Å². The van der Waals surface area contributed by atoms with Crippen LogP contribution in [0.1, 0.15) is 25.6 Å². The summed E-state index contributed by atoms with van der Waals surface area (Å²) < 4.78 is 39.8. The molecule has 152 valence electrons. The standard InChI is InChI=1S/C19H26N4O4S/c1-4-22(5-2)28(24,25)23-12-13-27-17(14-23)19-18(20-10-11-21-19)15-6-8-16(26-3)9-7-15/h6-11,17H,4-5,12-14H2,1-3H3. The van der Waals surface area contributed by atoms with Crippen LogP contribution in [0.25, 0.3) is 11.3 Å². The lowest BCUT2D eigenvalue weighted by molar-refractivity contribution is -0.00642. The van der Waals surface area contributed by atoms with E-state index in [0.717, 1.165) is 11.3 Å². The van der Waals surface area contributed by atoms with Gasteiger partial charge in [0, 0.05) is 44.1 Å². The van der Waals surface area contributed by atoms with Crippen LogP contribution in [0.4, 0.5) is 0 Å². The van der Waals surface area contributed by atoms with Crippen molar-refractivity contribution in [1.82, 2.24) is 18.6 Å². The predicted molar refractivity (Wildman–Crippen MR) is 106 cm³/mol. The average molecular weight is 407 g/mol. The van der Waals surface area contributed by atoms with Crippen molar-refractivity contribution in [1.29, 1.82) is 0 Å². The molecular formula is C19H26N4O4S. The highest BCUT2D eigenvalue weighted by atomic mass is 32.2. The molecule has 0 spiro atoms. The number of nitrogens with zero attached hydrogens (tertiary/aromatic N) is 4. The van der Waals surface area contributed by atoms with E-state index in [-0.39, 0.29) is 6.54 Å². The molecule has 0 N–H and O–H groups in total. The normalized spacial score (nSPS) is 18.4. The molecule has 1 aliphatic heterocycles. The molecule has 9 heteroatoms. The van der Waals surface area contributed by atoms with Crippen molar-refractivity contribution >= 4 is 10.2 Å². The van der Waals surface area contributed by atoms with Gasteiger partial charge < -0.3 is 9.47 Å². The Morgan fingerprint density at radius 2 is 1.86 bits per heavy atom. The van der Waals surface area contributed by atoms with Crippen molar-refractivity contribution in [2.75, 3.05) is 39.9 Å². The van der Waals surface area contributed by atoms with Crippen molar-refractivity contribution in [3.8, 4) is 17.0 Å². The Balaban J connectivity index is 1.89. The Hall–Kier alpha value is -2.07. The molecule has 0 aliphatic carbocycles. The lowest BCUT2D eigenvalue weighted by atomic mass is 10.1. The van der Waals surface area contributed by atoms with Crippen LogP contribution >= 0.6 is 0 Å². The van der Waals surface area contributed by atoms with Gasteiger partial charge in [-0.25, -0.2) is 0 Å². The molecule has 1 aliphatic rings. The third-order valence-electron chi connectivity index (χ3n) is 4.78. The number of benzene rings is 1. The van der Waals surface area contributed by atoms with Crippen LogP contribution in [0.15, 0.2) is 36.7 Å². The number of morpholine rings is 1. The highest BCUT2D eigenvalue weighted by Gasteiger charge is 2.35. The molecule has 1 atom stereocenters. The van der Waals surface area contributed by atoms with Crippen LogP contribution in [0.5, 0.6) is 5.75 Å². The summed E-state index contributed by atoms with van der Waals surface area (Å²) in [4.78, 5) is 8.94. The quantitative estimate of drug-likeness (QED) is 0.700. The summed E-state index contributed by atoms with van der Waals surface area (Å²) >= 11 is 0. The van der Waals surface area contributed by atoms with E-state index in [1.807, 2.05) is 38.1 Å². The second-order valence-corrected chi connectivity index (χ2v) is 8.26. The molecule has 8 nitrogen and oxygen atoms in total. The fraction of sp³-hybridized carbons (Fsp3) is 0.474. The van der Waals surface area contributed by atoms with Crippen LogP contribution in [0.2, 0.25) is 0 Å². The molecule has 0 bridgehead atoms. The molecule has 2 aromatic rings. The zero-order valence-electron chi connectivity index (χ0n) is 16.4. The Kier molecular flexibility index (Phi) is 6.61. The third-order valence-corrected chi connectivity index (χ3v) is 6.94. The van der Waals surface area contributed by atoms with Crippen LogP contribution in [-0.2, 0) is 14.9 Å². The van der Waals surface area contributed by atoms with Crippen molar-refractivity contribution in [3.63, 3.8) is 0 Å². The summed E-state index contributed by atoms with van der Waals surface area (Å²) in [5.74, 6) is 0.750. The maximum absolute atomic E-state index is 12.9. The van der Waals surface area contributed by atoms with Gasteiger partial charge in [-0.05, 0) is 24.3 Å². The van der Waals surface area contributed by atoms with Gasteiger partial charge in [0.05, 0.1) is 25.1 Å². The van der Waals surface area contributed by atoms with E-state index in [1.165, 1.54) is 8.61 Å². The van der Waals surface area contributed by atoms with Gasteiger partial charge in [0.1, 0.15) is 11.9 Å². The summed E-state index contributed by atoms with van der Waals surface area (Å²) in [6.45, 7) is 5.39. The monoisotopic (exact) mass is 406 g/mol. The first-order valence-electron chi connectivity index (χ1n) is 9.33. The zero-order chi connectivity index (χ0) is 20.1. The second-order valence-electron chi connectivity index (χ2n) is 6.33. The molecule has 0 radical (unpaired) electrons.